The minimum atomic E-state index is -3.32. The first kappa shape index (κ1) is 14.6. The summed E-state index contributed by atoms with van der Waals surface area (Å²) in [5.74, 6) is 0. The lowest BCUT2D eigenvalue weighted by Crippen LogP contribution is -2.30. The average molecular weight is 295 g/mol. The summed E-state index contributed by atoms with van der Waals surface area (Å²) in [5.41, 5.74) is 0. The highest BCUT2D eigenvalue weighted by Gasteiger charge is 2.11. The smallest absolute Gasteiger partial charge is 0.240 e. The molecule has 0 radical (unpaired) electrons. The maximum absolute atomic E-state index is 11.6. The van der Waals surface area contributed by atoms with Gasteiger partial charge in [-0.3, -0.25) is 0 Å². The molecule has 86 valence electrons. The van der Waals surface area contributed by atoms with E-state index >= 15 is 0 Å². The number of halogens is 1. The molecule has 0 aliphatic carbocycles. The lowest BCUT2D eigenvalue weighted by molar-refractivity contribution is 0.579. The molecule has 1 aromatic rings. The molecule has 0 spiro atoms. The van der Waals surface area contributed by atoms with Crippen LogP contribution in [-0.4, -0.2) is 28.6 Å². The molecule has 0 amide bonds. The van der Waals surface area contributed by atoms with E-state index < -0.39 is 10.0 Å². The Morgan fingerprint density at radius 1 is 1.13 bits per heavy atom. The molecule has 4 nitrogen and oxygen atoms in total. The number of benzene rings is 1. The Morgan fingerprint density at radius 3 is 2.27 bits per heavy atom. The van der Waals surface area contributed by atoms with Gasteiger partial charge in [0.15, 0.2) is 0 Å². The lowest BCUT2D eigenvalue weighted by Gasteiger charge is -2.05. The fourth-order valence-corrected chi connectivity index (χ4v) is 2.05. The fraction of sp³-hybridized carbons (Fsp3) is 0.333. The van der Waals surface area contributed by atoms with Gasteiger partial charge in [-0.2, -0.15) is 0 Å². The maximum atomic E-state index is 11.6. The van der Waals surface area contributed by atoms with Crippen molar-refractivity contribution in [3.05, 3.63) is 30.3 Å². The van der Waals surface area contributed by atoms with E-state index in [4.69, 9.17) is 0 Å². The lowest BCUT2D eigenvalue weighted by atomic mass is 10.4. The van der Waals surface area contributed by atoms with Crippen LogP contribution in [0.5, 0.6) is 0 Å². The van der Waals surface area contributed by atoms with Crippen LogP contribution in [-0.2, 0) is 10.0 Å². The van der Waals surface area contributed by atoms with Crippen molar-refractivity contribution in [3.63, 3.8) is 0 Å². The number of nitrogens with one attached hydrogen (secondary N) is 2. The van der Waals surface area contributed by atoms with Gasteiger partial charge in [0.05, 0.1) is 4.90 Å². The monoisotopic (exact) mass is 294 g/mol. The Kier molecular flexibility index (Phi) is 6.75. The van der Waals surface area contributed by atoms with Crippen LogP contribution in [0.4, 0.5) is 0 Å². The number of hydrogen-bond acceptors (Lipinski definition) is 3. The maximum Gasteiger partial charge on any atom is 0.240 e. The number of rotatable bonds is 5. The van der Waals surface area contributed by atoms with Crippen molar-refractivity contribution in [2.24, 2.45) is 0 Å². The van der Waals surface area contributed by atoms with E-state index in [-0.39, 0.29) is 17.0 Å². The van der Waals surface area contributed by atoms with Gasteiger partial charge in [0, 0.05) is 13.1 Å². The third-order valence-electron chi connectivity index (χ3n) is 1.72. The van der Waals surface area contributed by atoms with Crippen LogP contribution in [0.15, 0.2) is 35.2 Å². The second-order valence-corrected chi connectivity index (χ2v) is 4.58. The highest BCUT2D eigenvalue weighted by molar-refractivity contribution is 8.93. The van der Waals surface area contributed by atoms with Crippen LogP contribution < -0.4 is 10.0 Å². The zero-order valence-electron chi connectivity index (χ0n) is 8.43. The van der Waals surface area contributed by atoms with Gasteiger partial charge in [-0.05, 0) is 19.2 Å². The Hall–Kier alpha value is -0.430. The predicted octanol–water partition coefficient (Wildman–Crippen LogP) is 0.762. The van der Waals surface area contributed by atoms with Crippen LogP contribution in [0, 0.1) is 0 Å². The molecule has 2 N–H and O–H groups in total. The minimum Gasteiger partial charge on any atom is -0.318 e. The Balaban J connectivity index is 0.00000196. The minimum absolute atomic E-state index is 0. The SMILES string of the molecule is Br.CNCCNS(=O)(=O)c1ccccc1. The number of likely N-dealkylation sites (N-methyl/N-ethyl adjacent to an activating group) is 1. The zero-order chi connectivity index (χ0) is 10.4. The number of hydrogen-bond donors (Lipinski definition) is 2. The number of sulfonamides is 1. The molecule has 0 aliphatic rings. The Bertz CT molecular complexity index is 367. The normalized spacial score (nSPS) is 10.7. The van der Waals surface area contributed by atoms with E-state index in [0.29, 0.717) is 18.0 Å². The summed E-state index contributed by atoms with van der Waals surface area (Å²) in [6, 6.07) is 8.33. The molecule has 1 aromatic carbocycles. The van der Waals surface area contributed by atoms with Crippen molar-refractivity contribution in [3.8, 4) is 0 Å². The molecule has 15 heavy (non-hydrogen) atoms. The predicted molar refractivity (Wildman–Crippen MR) is 65.9 cm³/mol. The van der Waals surface area contributed by atoms with Crippen LogP contribution in [0.25, 0.3) is 0 Å². The third kappa shape index (κ3) is 4.74. The second-order valence-electron chi connectivity index (χ2n) is 2.81. The van der Waals surface area contributed by atoms with Gasteiger partial charge in [0.1, 0.15) is 0 Å². The molecule has 0 aliphatic heterocycles. The summed E-state index contributed by atoms with van der Waals surface area (Å²) in [6.45, 7) is 1.01. The van der Waals surface area contributed by atoms with E-state index in [2.05, 4.69) is 10.0 Å². The van der Waals surface area contributed by atoms with E-state index in [1.54, 1.807) is 37.4 Å². The first-order chi connectivity index (χ1) is 6.67. The summed E-state index contributed by atoms with van der Waals surface area (Å²) in [4.78, 5) is 0.302. The highest BCUT2D eigenvalue weighted by Crippen LogP contribution is 2.05. The van der Waals surface area contributed by atoms with Crippen molar-refractivity contribution in [2.45, 2.75) is 4.90 Å². The van der Waals surface area contributed by atoms with Gasteiger partial charge >= 0.3 is 0 Å². The van der Waals surface area contributed by atoms with Gasteiger partial charge in [-0.1, -0.05) is 18.2 Å². The van der Waals surface area contributed by atoms with Crippen molar-refractivity contribution < 1.29 is 8.42 Å². The molecule has 1 rings (SSSR count). The van der Waals surface area contributed by atoms with E-state index in [9.17, 15) is 8.42 Å². The zero-order valence-corrected chi connectivity index (χ0v) is 11.0. The van der Waals surface area contributed by atoms with E-state index in [0.717, 1.165) is 0 Å². The Labute approximate surface area is 101 Å². The first-order valence-corrected chi connectivity index (χ1v) is 5.84. The molecular weight excluding hydrogens is 280 g/mol. The molecule has 0 bridgehead atoms. The van der Waals surface area contributed by atoms with Crippen molar-refractivity contribution in [1.29, 1.82) is 0 Å². The highest BCUT2D eigenvalue weighted by atomic mass is 79.9. The molecule has 0 saturated heterocycles. The molecule has 0 unspecified atom stereocenters. The van der Waals surface area contributed by atoms with E-state index in [1.807, 2.05) is 0 Å². The molecule has 0 atom stereocenters. The van der Waals surface area contributed by atoms with Crippen molar-refractivity contribution in [2.75, 3.05) is 20.1 Å². The quantitative estimate of drug-likeness (QED) is 0.789. The van der Waals surface area contributed by atoms with Gasteiger partial charge in [0.2, 0.25) is 10.0 Å². The molecule has 0 fully saturated rings. The van der Waals surface area contributed by atoms with Gasteiger partial charge in [0.25, 0.3) is 0 Å². The largest absolute Gasteiger partial charge is 0.318 e. The molecule has 0 saturated carbocycles. The Morgan fingerprint density at radius 2 is 1.73 bits per heavy atom. The summed E-state index contributed by atoms with van der Waals surface area (Å²) < 4.78 is 25.6. The summed E-state index contributed by atoms with van der Waals surface area (Å²) in [5, 5.41) is 2.86. The average Bonchev–Trinajstić information content (AvgIpc) is 2.19. The van der Waals surface area contributed by atoms with Gasteiger partial charge < -0.3 is 5.32 Å². The molecule has 6 heteroatoms. The standard InChI is InChI=1S/C9H14N2O2S.BrH/c1-10-7-8-11-14(12,13)9-5-3-2-4-6-9;/h2-6,10-11H,7-8H2,1H3;1H. The molecule has 0 heterocycles. The van der Waals surface area contributed by atoms with Crippen LogP contribution in [0.3, 0.4) is 0 Å². The van der Waals surface area contributed by atoms with Crippen LogP contribution in [0.2, 0.25) is 0 Å². The summed E-state index contributed by atoms with van der Waals surface area (Å²) in [7, 11) is -1.55. The third-order valence-corrected chi connectivity index (χ3v) is 3.20. The topological polar surface area (TPSA) is 58.2 Å². The molecule has 0 aromatic heterocycles. The second kappa shape index (κ2) is 6.95. The van der Waals surface area contributed by atoms with Crippen molar-refractivity contribution >= 4 is 27.0 Å². The van der Waals surface area contributed by atoms with E-state index in [1.165, 1.54) is 0 Å². The van der Waals surface area contributed by atoms with Crippen LogP contribution >= 0.6 is 17.0 Å². The summed E-state index contributed by atoms with van der Waals surface area (Å²) in [6.07, 6.45) is 0. The first-order valence-electron chi connectivity index (χ1n) is 4.36. The van der Waals surface area contributed by atoms with Crippen LogP contribution in [0.1, 0.15) is 0 Å². The van der Waals surface area contributed by atoms with Gasteiger partial charge in [-0.15, -0.1) is 17.0 Å². The van der Waals surface area contributed by atoms with Gasteiger partial charge in [-0.25, -0.2) is 13.1 Å². The molecular formula is C9H15BrN2O2S. The van der Waals surface area contributed by atoms with Crippen molar-refractivity contribution in [1.82, 2.24) is 10.0 Å². The summed E-state index contributed by atoms with van der Waals surface area (Å²) >= 11 is 0. The fourth-order valence-electron chi connectivity index (χ4n) is 0.993.